The highest BCUT2D eigenvalue weighted by Crippen LogP contribution is 2.34. The molecule has 2 saturated heterocycles. The number of likely N-dealkylation sites (N-methyl/N-ethyl adjacent to an activating group) is 1. The van der Waals surface area contributed by atoms with Gasteiger partial charge in [-0.2, -0.15) is 5.10 Å². The second-order valence-electron chi connectivity index (χ2n) is 7.53. The minimum Gasteiger partial charge on any atom is -0.381 e. The first-order valence-electron chi connectivity index (χ1n) is 9.15. The Balaban J connectivity index is 1.59. The first-order valence-corrected chi connectivity index (χ1v) is 9.53. The molecule has 0 aromatic carbocycles. The molecule has 142 valence electrons. The molecule has 0 aliphatic carbocycles. The summed E-state index contributed by atoms with van der Waals surface area (Å²) >= 11 is 6.58. The monoisotopic (exact) mass is 379 g/mol. The van der Waals surface area contributed by atoms with E-state index in [-0.39, 0.29) is 5.54 Å². The Bertz CT molecular complexity index is 781. The van der Waals surface area contributed by atoms with E-state index >= 15 is 0 Å². The maximum Gasteiger partial charge on any atom is 0.134 e. The molecule has 0 saturated carbocycles. The third-order valence-corrected chi connectivity index (χ3v) is 6.30. The molecule has 26 heavy (non-hydrogen) atoms. The highest BCUT2D eigenvalue weighted by atomic mass is 35.5. The molecular formula is C18H26ClN5O2. The van der Waals surface area contributed by atoms with Gasteiger partial charge in [-0.1, -0.05) is 16.8 Å². The average Bonchev–Trinajstić information content (AvgIpc) is 3.17. The molecule has 2 aliphatic heterocycles. The van der Waals surface area contributed by atoms with Crippen LogP contribution in [0.5, 0.6) is 0 Å². The summed E-state index contributed by atoms with van der Waals surface area (Å²) in [6.45, 7) is 7.43. The number of nitrogens with zero attached hydrogens (tertiary/aromatic N) is 5. The lowest BCUT2D eigenvalue weighted by molar-refractivity contribution is -0.0625. The number of hydrogen-bond acceptors (Lipinski definition) is 6. The van der Waals surface area contributed by atoms with Gasteiger partial charge in [0, 0.05) is 63.6 Å². The van der Waals surface area contributed by atoms with E-state index in [9.17, 15) is 0 Å². The highest BCUT2D eigenvalue weighted by Gasteiger charge is 2.41. The van der Waals surface area contributed by atoms with E-state index in [1.54, 1.807) is 4.68 Å². The first-order chi connectivity index (χ1) is 12.5. The summed E-state index contributed by atoms with van der Waals surface area (Å²) in [5.41, 5.74) is 2.79. The van der Waals surface area contributed by atoms with Gasteiger partial charge in [0.05, 0.1) is 0 Å². The Kier molecular flexibility index (Phi) is 4.81. The number of hydrogen-bond donors (Lipinski definition) is 0. The van der Waals surface area contributed by atoms with Crippen LogP contribution >= 0.6 is 11.6 Å². The van der Waals surface area contributed by atoms with Gasteiger partial charge in [-0.15, -0.1) is 0 Å². The fraction of sp³-hybridized carbons (Fsp3) is 0.667. The van der Waals surface area contributed by atoms with E-state index in [4.69, 9.17) is 20.9 Å². The van der Waals surface area contributed by atoms with Crippen molar-refractivity contribution in [3.8, 4) is 11.4 Å². The van der Waals surface area contributed by atoms with Crippen molar-refractivity contribution in [2.24, 2.45) is 7.05 Å². The standard InChI is InChI=1S/C18H26ClN5O2/c1-13-10-15(21-26-13)16-14(17(19)23(3)20-16)11-24-7-6-22(2)18(12-24)4-8-25-9-5-18/h10H,4-9,11-12H2,1-3H3. The van der Waals surface area contributed by atoms with Crippen LogP contribution in [0.2, 0.25) is 5.15 Å². The fourth-order valence-electron chi connectivity index (χ4n) is 4.17. The second kappa shape index (κ2) is 6.96. The summed E-state index contributed by atoms with van der Waals surface area (Å²) in [6.07, 6.45) is 2.16. The average molecular weight is 380 g/mol. The first kappa shape index (κ1) is 18.0. The maximum atomic E-state index is 6.58. The molecule has 0 radical (unpaired) electrons. The van der Waals surface area contributed by atoms with Crippen molar-refractivity contribution in [2.45, 2.75) is 31.8 Å². The van der Waals surface area contributed by atoms with Crippen molar-refractivity contribution >= 4 is 11.6 Å². The topological polar surface area (TPSA) is 59.6 Å². The smallest absolute Gasteiger partial charge is 0.134 e. The van der Waals surface area contributed by atoms with E-state index in [0.717, 1.165) is 74.9 Å². The van der Waals surface area contributed by atoms with Gasteiger partial charge in [-0.05, 0) is 26.8 Å². The summed E-state index contributed by atoms with van der Waals surface area (Å²) in [5.74, 6) is 0.772. The number of ether oxygens (including phenoxy) is 1. The zero-order chi connectivity index (χ0) is 18.3. The highest BCUT2D eigenvalue weighted by molar-refractivity contribution is 6.30. The normalized spacial score (nSPS) is 21.5. The van der Waals surface area contributed by atoms with Crippen LogP contribution in [0.15, 0.2) is 10.6 Å². The van der Waals surface area contributed by atoms with Gasteiger partial charge >= 0.3 is 0 Å². The molecule has 0 amide bonds. The van der Waals surface area contributed by atoms with Crippen LogP contribution in [-0.4, -0.2) is 70.2 Å². The molecule has 4 heterocycles. The van der Waals surface area contributed by atoms with E-state index < -0.39 is 0 Å². The van der Waals surface area contributed by atoms with Crippen LogP contribution in [-0.2, 0) is 18.3 Å². The van der Waals surface area contributed by atoms with Gasteiger partial charge in [0.25, 0.3) is 0 Å². The minimum absolute atomic E-state index is 0.204. The molecule has 4 rings (SSSR count). The van der Waals surface area contributed by atoms with Crippen molar-refractivity contribution in [2.75, 3.05) is 39.9 Å². The predicted molar refractivity (Wildman–Crippen MR) is 99.1 cm³/mol. The Hall–Kier alpha value is -1.41. The number of rotatable bonds is 3. The van der Waals surface area contributed by atoms with Gasteiger partial charge in [0.15, 0.2) is 0 Å². The molecule has 0 bridgehead atoms. The lowest BCUT2D eigenvalue weighted by atomic mass is 9.86. The van der Waals surface area contributed by atoms with Gasteiger partial charge in [-0.3, -0.25) is 14.5 Å². The van der Waals surface area contributed by atoms with Crippen LogP contribution in [0, 0.1) is 6.92 Å². The number of aromatic nitrogens is 3. The van der Waals surface area contributed by atoms with Crippen LogP contribution < -0.4 is 0 Å². The van der Waals surface area contributed by atoms with Crippen molar-refractivity contribution in [1.82, 2.24) is 24.7 Å². The zero-order valence-electron chi connectivity index (χ0n) is 15.7. The van der Waals surface area contributed by atoms with Gasteiger partial charge in [0.1, 0.15) is 22.3 Å². The Morgan fingerprint density at radius 2 is 2.00 bits per heavy atom. The number of halogens is 1. The summed E-state index contributed by atoms with van der Waals surface area (Å²) in [6, 6.07) is 1.91. The lowest BCUT2D eigenvalue weighted by Crippen LogP contribution is -2.62. The molecule has 8 heteroatoms. The van der Waals surface area contributed by atoms with Crippen LogP contribution in [0.1, 0.15) is 24.2 Å². The van der Waals surface area contributed by atoms with E-state index in [1.807, 2.05) is 20.0 Å². The van der Waals surface area contributed by atoms with Crippen LogP contribution in [0.25, 0.3) is 11.4 Å². The van der Waals surface area contributed by atoms with Crippen LogP contribution in [0.4, 0.5) is 0 Å². The third kappa shape index (κ3) is 3.17. The minimum atomic E-state index is 0.204. The second-order valence-corrected chi connectivity index (χ2v) is 7.89. The van der Waals surface area contributed by atoms with Gasteiger partial charge in [-0.25, -0.2) is 0 Å². The van der Waals surface area contributed by atoms with E-state index in [2.05, 4.69) is 27.1 Å². The summed E-state index contributed by atoms with van der Waals surface area (Å²) in [7, 11) is 4.11. The lowest BCUT2D eigenvalue weighted by Gasteiger charge is -2.51. The quantitative estimate of drug-likeness (QED) is 0.815. The van der Waals surface area contributed by atoms with Crippen molar-refractivity contribution < 1.29 is 9.26 Å². The van der Waals surface area contributed by atoms with Crippen molar-refractivity contribution in [3.05, 3.63) is 22.5 Å². The number of aryl methyl sites for hydroxylation is 2. The molecule has 7 nitrogen and oxygen atoms in total. The van der Waals surface area contributed by atoms with E-state index in [0.29, 0.717) is 5.15 Å². The van der Waals surface area contributed by atoms with Gasteiger partial charge < -0.3 is 9.26 Å². The molecule has 2 aromatic heterocycles. The molecular weight excluding hydrogens is 354 g/mol. The molecule has 1 spiro atoms. The summed E-state index contributed by atoms with van der Waals surface area (Å²) in [5, 5.41) is 9.39. The molecule has 2 fully saturated rings. The molecule has 0 atom stereocenters. The van der Waals surface area contributed by atoms with Crippen LogP contribution in [0.3, 0.4) is 0 Å². The molecule has 2 aliphatic rings. The largest absolute Gasteiger partial charge is 0.381 e. The third-order valence-electron chi connectivity index (χ3n) is 5.82. The summed E-state index contributed by atoms with van der Waals surface area (Å²) < 4.78 is 12.6. The van der Waals surface area contributed by atoms with Crippen molar-refractivity contribution in [3.63, 3.8) is 0 Å². The Morgan fingerprint density at radius 1 is 1.23 bits per heavy atom. The number of piperazine rings is 1. The summed E-state index contributed by atoms with van der Waals surface area (Å²) in [4.78, 5) is 5.00. The Labute approximate surface area is 158 Å². The molecule has 0 unspecified atom stereocenters. The predicted octanol–water partition coefficient (Wildman–Crippen LogP) is 2.33. The fourth-order valence-corrected chi connectivity index (χ4v) is 4.35. The molecule has 2 aromatic rings. The molecule has 0 N–H and O–H groups in total. The van der Waals surface area contributed by atoms with Crippen molar-refractivity contribution in [1.29, 1.82) is 0 Å². The van der Waals surface area contributed by atoms with Gasteiger partial charge in [0.2, 0.25) is 0 Å². The zero-order valence-corrected chi connectivity index (χ0v) is 16.4. The van der Waals surface area contributed by atoms with E-state index in [1.165, 1.54) is 0 Å². The SMILES string of the molecule is Cc1cc(-c2nn(C)c(Cl)c2CN2CCN(C)C3(CCOCC3)C2)no1. The maximum absolute atomic E-state index is 6.58. The Morgan fingerprint density at radius 3 is 2.69 bits per heavy atom.